The highest BCUT2D eigenvalue weighted by Gasteiger charge is 2.44. The van der Waals surface area contributed by atoms with Crippen LogP contribution in [-0.2, 0) is 4.79 Å². The van der Waals surface area contributed by atoms with Gasteiger partial charge in [-0.15, -0.1) is 0 Å². The third-order valence-corrected chi connectivity index (χ3v) is 3.29. The van der Waals surface area contributed by atoms with E-state index in [-0.39, 0.29) is 12.5 Å². The van der Waals surface area contributed by atoms with Crippen molar-refractivity contribution in [1.29, 1.82) is 0 Å². The third kappa shape index (κ3) is 3.15. The van der Waals surface area contributed by atoms with Gasteiger partial charge in [-0.3, -0.25) is 4.79 Å². The van der Waals surface area contributed by atoms with Crippen LogP contribution in [0.15, 0.2) is 24.3 Å². The zero-order chi connectivity index (χ0) is 13.2. The fraction of sp³-hybridized carbons (Fsp3) is 0.462. The van der Waals surface area contributed by atoms with Crippen molar-refractivity contribution in [2.45, 2.75) is 31.4 Å². The molecule has 1 amide bonds. The van der Waals surface area contributed by atoms with Crippen molar-refractivity contribution in [3.63, 3.8) is 0 Å². The SMILES string of the molecule is CC(Oc1ccc(Cl)cc1)C(=O)NC1(CO)CC1. The molecule has 1 aromatic carbocycles. The summed E-state index contributed by atoms with van der Waals surface area (Å²) >= 11 is 5.76. The molecule has 1 aliphatic rings. The predicted molar refractivity (Wildman–Crippen MR) is 68.7 cm³/mol. The fourth-order valence-electron chi connectivity index (χ4n) is 1.61. The van der Waals surface area contributed by atoms with Gasteiger partial charge in [0.15, 0.2) is 6.10 Å². The van der Waals surface area contributed by atoms with Crippen LogP contribution in [-0.4, -0.2) is 29.3 Å². The summed E-state index contributed by atoms with van der Waals surface area (Å²) in [7, 11) is 0. The highest BCUT2D eigenvalue weighted by Crippen LogP contribution is 2.34. The Kier molecular flexibility index (Phi) is 3.78. The lowest BCUT2D eigenvalue weighted by Gasteiger charge is -2.19. The number of carbonyl (C=O) groups excluding carboxylic acids is 1. The molecule has 0 bridgehead atoms. The van der Waals surface area contributed by atoms with Gasteiger partial charge in [-0.2, -0.15) is 0 Å². The van der Waals surface area contributed by atoms with E-state index in [9.17, 15) is 4.79 Å². The fourth-order valence-corrected chi connectivity index (χ4v) is 1.73. The van der Waals surface area contributed by atoms with Gasteiger partial charge < -0.3 is 15.2 Å². The summed E-state index contributed by atoms with van der Waals surface area (Å²) < 4.78 is 5.50. The molecule has 0 radical (unpaired) electrons. The molecule has 1 unspecified atom stereocenters. The number of hydrogen-bond acceptors (Lipinski definition) is 3. The largest absolute Gasteiger partial charge is 0.481 e. The second-order valence-electron chi connectivity index (χ2n) is 4.64. The number of aliphatic hydroxyl groups is 1. The monoisotopic (exact) mass is 269 g/mol. The molecular formula is C13H16ClNO3. The van der Waals surface area contributed by atoms with Gasteiger partial charge in [0, 0.05) is 5.02 Å². The maximum absolute atomic E-state index is 11.9. The van der Waals surface area contributed by atoms with Gasteiger partial charge in [0.2, 0.25) is 0 Å². The van der Waals surface area contributed by atoms with Crippen molar-refractivity contribution in [2.75, 3.05) is 6.61 Å². The van der Waals surface area contributed by atoms with Crippen molar-refractivity contribution in [3.8, 4) is 5.75 Å². The Balaban J connectivity index is 1.89. The molecular weight excluding hydrogens is 254 g/mol. The van der Waals surface area contributed by atoms with Gasteiger partial charge in [-0.25, -0.2) is 0 Å². The molecule has 1 aromatic rings. The van der Waals surface area contributed by atoms with E-state index < -0.39 is 11.6 Å². The Morgan fingerprint density at radius 1 is 1.50 bits per heavy atom. The van der Waals surface area contributed by atoms with E-state index in [4.69, 9.17) is 21.4 Å². The normalized spacial score (nSPS) is 17.9. The molecule has 1 fully saturated rings. The molecule has 0 spiro atoms. The van der Waals surface area contributed by atoms with Gasteiger partial charge in [0.05, 0.1) is 12.1 Å². The first-order valence-corrected chi connectivity index (χ1v) is 6.28. The maximum atomic E-state index is 11.9. The molecule has 0 aliphatic heterocycles. The first-order valence-electron chi connectivity index (χ1n) is 5.90. The number of rotatable bonds is 5. The molecule has 1 saturated carbocycles. The number of hydrogen-bond donors (Lipinski definition) is 2. The van der Waals surface area contributed by atoms with E-state index in [1.54, 1.807) is 31.2 Å². The van der Waals surface area contributed by atoms with Crippen molar-refractivity contribution in [3.05, 3.63) is 29.3 Å². The number of nitrogens with one attached hydrogen (secondary N) is 1. The number of amides is 1. The van der Waals surface area contributed by atoms with Crippen LogP contribution < -0.4 is 10.1 Å². The molecule has 1 aliphatic carbocycles. The highest BCUT2D eigenvalue weighted by molar-refractivity contribution is 6.30. The topological polar surface area (TPSA) is 58.6 Å². The molecule has 0 aromatic heterocycles. The Hall–Kier alpha value is -1.26. The highest BCUT2D eigenvalue weighted by atomic mass is 35.5. The van der Waals surface area contributed by atoms with E-state index in [0.29, 0.717) is 10.8 Å². The minimum atomic E-state index is -0.602. The van der Waals surface area contributed by atoms with E-state index >= 15 is 0 Å². The van der Waals surface area contributed by atoms with E-state index in [1.807, 2.05) is 0 Å². The first-order chi connectivity index (χ1) is 8.54. The second kappa shape index (κ2) is 5.16. The van der Waals surface area contributed by atoms with Crippen molar-refractivity contribution in [1.82, 2.24) is 5.32 Å². The number of aliphatic hydroxyl groups excluding tert-OH is 1. The minimum Gasteiger partial charge on any atom is -0.481 e. The molecule has 4 nitrogen and oxygen atoms in total. The van der Waals surface area contributed by atoms with Crippen LogP contribution >= 0.6 is 11.6 Å². The number of halogens is 1. The Morgan fingerprint density at radius 3 is 2.61 bits per heavy atom. The number of ether oxygens (including phenoxy) is 1. The number of benzene rings is 1. The molecule has 0 heterocycles. The van der Waals surface area contributed by atoms with Gasteiger partial charge in [0.25, 0.3) is 5.91 Å². The van der Waals surface area contributed by atoms with Crippen molar-refractivity contribution < 1.29 is 14.6 Å². The van der Waals surface area contributed by atoms with Crippen LogP contribution in [0.4, 0.5) is 0 Å². The first kappa shape index (κ1) is 13.2. The van der Waals surface area contributed by atoms with E-state index in [2.05, 4.69) is 5.32 Å². The molecule has 2 N–H and O–H groups in total. The lowest BCUT2D eigenvalue weighted by atomic mass is 10.2. The third-order valence-electron chi connectivity index (χ3n) is 3.04. The Bertz CT molecular complexity index is 428. The Labute approximate surface area is 111 Å². The van der Waals surface area contributed by atoms with Crippen molar-refractivity contribution in [2.24, 2.45) is 0 Å². The predicted octanol–water partition coefficient (Wildman–Crippen LogP) is 1.75. The lowest BCUT2D eigenvalue weighted by Crippen LogP contribution is -2.45. The van der Waals surface area contributed by atoms with Crippen LogP contribution in [0.25, 0.3) is 0 Å². The summed E-state index contributed by atoms with van der Waals surface area (Å²) in [5, 5.41) is 12.6. The maximum Gasteiger partial charge on any atom is 0.261 e. The van der Waals surface area contributed by atoms with Crippen LogP contribution in [0.5, 0.6) is 5.75 Å². The van der Waals surface area contributed by atoms with Crippen LogP contribution in [0.3, 0.4) is 0 Å². The number of carbonyl (C=O) groups is 1. The molecule has 0 saturated heterocycles. The average molecular weight is 270 g/mol. The second-order valence-corrected chi connectivity index (χ2v) is 5.08. The molecule has 1 atom stereocenters. The summed E-state index contributed by atoms with van der Waals surface area (Å²) in [5.41, 5.74) is -0.408. The average Bonchev–Trinajstić information content (AvgIpc) is 3.12. The van der Waals surface area contributed by atoms with Gasteiger partial charge >= 0.3 is 0 Å². The van der Waals surface area contributed by atoms with Crippen molar-refractivity contribution >= 4 is 17.5 Å². The molecule has 98 valence electrons. The summed E-state index contributed by atoms with van der Waals surface area (Å²) in [6.07, 6.45) is 1.04. The van der Waals surface area contributed by atoms with Crippen LogP contribution in [0, 0.1) is 0 Å². The summed E-state index contributed by atoms with van der Waals surface area (Å²) in [6.45, 7) is 1.66. The van der Waals surface area contributed by atoms with Crippen LogP contribution in [0.1, 0.15) is 19.8 Å². The zero-order valence-electron chi connectivity index (χ0n) is 10.1. The molecule has 2 rings (SSSR count). The summed E-state index contributed by atoms with van der Waals surface area (Å²) in [5.74, 6) is 0.382. The smallest absolute Gasteiger partial charge is 0.261 e. The van der Waals surface area contributed by atoms with Gasteiger partial charge in [-0.1, -0.05) is 11.6 Å². The van der Waals surface area contributed by atoms with E-state index in [0.717, 1.165) is 12.8 Å². The standard InChI is InChI=1S/C13H16ClNO3/c1-9(12(17)15-13(8-16)6-7-13)18-11-4-2-10(14)3-5-11/h2-5,9,16H,6-8H2,1H3,(H,15,17). The quantitative estimate of drug-likeness (QED) is 0.856. The van der Waals surface area contributed by atoms with Gasteiger partial charge in [-0.05, 0) is 44.0 Å². The molecule has 5 heteroatoms. The van der Waals surface area contributed by atoms with Gasteiger partial charge in [0.1, 0.15) is 5.75 Å². The molecule has 18 heavy (non-hydrogen) atoms. The summed E-state index contributed by atoms with van der Waals surface area (Å²) in [6, 6.07) is 6.84. The summed E-state index contributed by atoms with van der Waals surface area (Å²) in [4.78, 5) is 11.9. The van der Waals surface area contributed by atoms with Crippen LogP contribution in [0.2, 0.25) is 5.02 Å². The minimum absolute atomic E-state index is 0.0214. The Morgan fingerprint density at radius 2 is 2.11 bits per heavy atom. The lowest BCUT2D eigenvalue weighted by molar-refractivity contribution is -0.128. The van der Waals surface area contributed by atoms with E-state index in [1.165, 1.54) is 0 Å². The zero-order valence-corrected chi connectivity index (χ0v) is 10.9.